The Morgan fingerprint density at radius 2 is 0.887 bits per heavy atom. The van der Waals surface area contributed by atoms with Gasteiger partial charge >= 0.3 is 0 Å². The Labute approximate surface area is 473 Å². The molecule has 3 aliphatic rings. The summed E-state index contributed by atoms with van der Waals surface area (Å²) >= 11 is 18.7. The van der Waals surface area contributed by atoms with Gasteiger partial charge in [0.05, 0.1) is 13.2 Å². The molecule has 0 bridgehead atoms. The van der Waals surface area contributed by atoms with Crippen LogP contribution in [-0.4, -0.2) is 95.1 Å². The maximum absolute atomic E-state index is 13.0. The van der Waals surface area contributed by atoms with Gasteiger partial charge in [-0.05, 0) is 62.1 Å². The zero-order valence-corrected chi connectivity index (χ0v) is 47.0. The maximum Gasteiger partial charge on any atom is 0.259 e. The Bertz CT molecular complexity index is 4170. The van der Waals surface area contributed by atoms with Crippen molar-refractivity contribution in [3.63, 3.8) is 0 Å². The van der Waals surface area contributed by atoms with Crippen LogP contribution < -0.4 is 27.3 Å². The number of carbonyl (C=O) groups excluding carboxylic acids is 1. The first-order chi connectivity index (χ1) is 38.4. The number of benzene rings is 3. The van der Waals surface area contributed by atoms with Gasteiger partial charge in [0, 0.05) is 148 Å². The highest BCUT2D eigenvalue weighted by Gasteiger charge is 2.40. The van der Waals surface area contributed by atoms with Gasteiger partial charge in [-0.15, -0.1) is 0 Å². The normalized spacial score (nSPS) is 15.6. The third-order valence-corrected chi connectivity index (χ3v) is 16.3. The molecule has 0 amide bonds. The molecule has 2 N–H and O–H groups in total. The quantitative estimate of drug-likeness (QED) is 0.135. The Kier molecular flexibility index (Phi) is 16.3. The molecule has 80 heavy (non-hydrogen) atoms. The molecule has 0 unspecified atom stereocenters. The van der Waals surface area contributed by atoms with Crippen LogP contribution in [0.25, 0.3) is 66.5 Å². The number of aromatic nitrogens is 9. The minimum absolute atomic E-state index is 0.143. The Hall–Kier alpha value is -7.46. The number of fused-ring (bicyclic) bond motifs is 3. The molecule has 6 aromatic heterocycles. The number of ketones is 1. The van der Waals surface area contributed by atoms with Crippen molar-refractivity contribution in [3.8, 4) is 33.4 Å². The fourth-order valence-electron chi connectivity index (χ4n) is 10.1. The molecule has 0 atom stereocenters. The lowest BCUT2D eigenvalue weighted by atomic mass is 9.90. The second-order valence-corrected chi connectivity index (χ2v) is 23.0. The average molecular weight is 1160 g/mol. The van der Waals surface area contributed by atoms with E-state index in [0.29, 0.717) is 109 Å². The van der Waals surface area contributed by atoms with Crippen molar-refractivity contribution in [3.05, 3.63) is 156 Å². The fourth-order valence-corrected chi connectivity index (χ4v) is 11.3. The monoisotopic (exact) mass is 1160 g/mol. The molecular weight excluding hydrogens is 1110 g/mol. The van der Waals surface area contributed by atoms with Gasteiger partial charge < -0.3 is 20.1 Å². The summed E-state index contributed by atoms with van der Waals surface area (Å²) in [6.45, 7) is 1.35. The first-order valence-electron chi connectivity index (χ1n) is 25.7. The van der Waals surface area contributed by atoms with Crippen LogP contribution in [0, 0.1) is 0 Å². The van der Waals surface area contributed by atoms with E-state index in [0.717, 1.165) is 55.6 Å². The zero-order chi connectivity index (χ0) is 56.5. The van der Waals surface area contributed by atoms with Gasteiger partial charge in [0.15, 0.2) is 5.79 Å². The van der Waals surface area contributed by atoms with E-state index in [1.165, 1.54) is 22.4 Å². The van der Waals surface area contributed by atoms with E-state index >= 15 is 0 Å². The third-order valence-electron chi connectivity index (χ3n) is 14.4. The summed E-state index contributed by atoms with van der Waals surface area (Å²) in [5.41, 5.74) is 4.23. The number of halogens is 3. The number of hydrogen-bond acceptors (Lipinski definition) is 16. The second kappa shape index (κ2) is 23.3. The lowest BCUT2D eigenvalue weighted by Gasteiger charge is -2.35. The smallest absolute Gasteiger partial charge is 0.259 e. The highest BCUT2D eigenvalue weighted by Crippen LogP contribution is 2.37. The predicted molar refractivity (Wildman–Crippen MR) is 310 cm³/mol. The van der Waals surface area contributed by atoms with Crippen LogP contribution in [0.1, 0.15) is 51.4 Å². The lowest BCUT2D eigenvalue weighted by Crippen LogP contribution is -2.39. The molecule has 23 heteroatoms. The van der Waals surface area contributed by atoms with Gasteiger partial charge in [-0.25, -0.2) is 23.4 Å². The first-order valence-corrected chi connectivity index (χ1v) is 28.8. The van der Waals surface area contributed by atoms with Crippen molar-refractivity contribution in [2.75, 3.05) is 30.1 Å². The van der Waals surface area contributed by atoms with Crippen molar-refractivity contribution in [1.29, 1.82) is 0 Å². The van der Waals surface area contributed by atoms with Crippen LogP contribution >= 0.6 is 34.8 Å². The number of rotatable bonds is 8. The summed E-state index contributed by atoms with van der Waals surface area (Å²) in [5.74, 6) is 0.919. The van der Waals surface area contributed by atoms with E-state index in [2.05, 4.69) is 40.5 Å². The summed E-state index contributed by atoms with van der Waals surface area (Å²) in [4.78, 5) is 75.7. The van der Waals surface area contributed by atoms with Gasteiger partial charge in [0.2, 0.25) is 26.9 Å². The van der Waals surface area contributed by atoms with Crippen molar-refractivity contribution in [2.45, 2.75) is 74.4 Å². The van der Waals surface area contributed by atoms with Crippen LogP contribution in [0.15, 0.2) is 129 Å². The molecular formula is C57H54Cl3N11O8S. The summed E-state index contributed by atoms with van der Waals surface area (Å²) in [6, 6.07) is 27.2. The summed E-state index contributed by atoms with van der Waals surface area (Å²) in [6.07, 6.45) is 12.2. The van der Waals surface area contributed by atoms with Gasteiger partial charge in [-0.1, -0.05) is 89.4 Å². The standard InChI is InChI=1S/C22H23ClN4O3.C20H19ClN4O2.C15H12ClN3O3S/c1-27-19-14(12-17(20(27)28)16-4-2-3-5-18(16)23)13-24-21(26-19)25-15-6-8-22(9-7-15)29-10-11-30-22;1-25-18-12(10-16(19(25)27)15-4-2-3-5-17(15)21)11-22-20(24-18)23-13-6-8-14(26)9-7-13;1-19-13-9(8-17-15(18-13)23(2,21)22)7-11(14(19)20)10-5-3-4-6-12(10)16/h2-5,12-13,15H,6-11H2,1H3,(H,24,25,26);2-5,10-11,13H,6-9H2,1H3,(H,22,23,24);3-8H,1-2H3. The number of nitrogens with one attached hydrogen (secondary N) is 2. The molecule has 1 spiro atoms. The largest absolute Gasteiger partial charge is 0.351 e. The number of Topliss-reactive ketones (excluding diaryl/α,β-unsaturated/α-hetero) is 1. The van der Waals surface area contributed by atoms with Crippen LogP contribution in [-0.2, 0) is 45.2 Å². The lowest BCUT2D eigenvalue weighted by molar-refractivity contribution is -0.177. The molecule has 3 aromatic carbocycles. The second-order valence-electron chi connectivity index (χ2n) is 19.8. The van der Waals surface area contributed by atoms with Crippen LogP contribution in [0.2, 0.25) is 15.1 Å². The van der Waals surface area contributed by atoms with Crippen molar-refractivity contribution >= 4 is 95.4 Å². The van der Waals surface area contributed by atoms with Gasteiger partial charge in [-0.2, -0.15) is 15.0 Å². The number of aryl methyl sites for hydroxylation is 3. The van der Waals surface area contributed by atoms with E-state index in [1.807, 2.05) is 42.5 Å². The summed E-state index contributed by atoms with van der Waals surface area (Å²) in [5, 5.41) is 10.0. The predicted octanol–water partition coefficient (Wildman–Crippen LogP) is 9.37. The molecule has 2 aliphatic carbocycles. The van der Waals surface area contributed by atoms with Gasteiger partial charge in [0.25, 0.3) is 16.7 Å². The molecule has 0 radical (unpaired) electrons. The highest BCUT2D eigenvalue weighted by molar-refractivity contribution is 7.90. The molecule has 7 heterocycles. The number of ether oxygens (including phenoxy) is 2. The van der Waals surface area contributed by atoms with E-state index in [-0.39, 0.29) is 45.4 Å². The molecule has 412 valence electrons. The zero-order valence-electron chi connectivity index (χ0n) is 44.0. The van der Waals surface area contributed by atoms with Crippen molar-refractivity contribution < 1.29 is 22.7 Å². The van der Waals surface area contributed by atoms with Crippen LogP contribution in [0.3, 0.4) is 0 Å². The SMILES string of the molecule is Cn1c(=O)c(-c2ccccc2Cl)cc2cnc(NC3CCC(=O)CC3)nc21.Cn1c(=O)c(-c2ccccc2Cl)cc2cnc(NC3CCC4(CC3)OCCO4)nc21.Cn1c(=O)c(-c2ccccc2Cl)cc2cnc(S(C)(=O)=O)nc21. The Balaban J connectivity index is 0.000000136. The van der Waals surface area contributed by atoms with Gasteiger partial charge in [0.1, 0.15) is 22.7 Å². The van der Waals surface area contributed by atoms with E-state index in [1.54, 1.807) is 79.6 Å². The van der Waals surface area contributed by atoms with E-state index < -0.39 is 9.84 Å². The van der Waals surface area contributed by atoms with E-state index in [4.69, 9.17) is 44.3 Å². The molecule has 19 nitrogen and oxygen atoms in total. The van der Waals surface area contributed by atoms with Gasteiger partial charge in [-0.3, -0.25) is 32.9 Å². The minimum atomic E-state index is -3.55. The number of carbonyl (C=O) groups is 1. The van der Waals surface area contributed by atoms with Crippen LogP contribution in [0.5, 0.6) is 0 Å². The molecule has 1 aliphatic heterocycles. The first kappa shape index (κ1) is 55.8. The number of nitrogens with zero attached hydrogens (tertiary/aromatic N) is 9. The number of pyridine rings is 3. The highest BCUT2D eigenvalue weighted by atomic mass is 35.5. The molecule has 9 aromatic rings. The molecule has 12 rings (SSSR count). The minimum Gasteiger partial charge on any atom is -0.351 e. The Morgan fingerprint density at radius 3 is 1.27 bits per heavy atom. The summed E-state index contributed by atoms with van der Waals surface area (Å²) < 4.78 is 39.1. The van der Waals surface area contributed by atoms with Crippen molar-refractivity contribution in [2.24, 2.45) is 21.1 Å². The fraction of sp³-hybridized carbons (Fsp3) is 0.298. The van der Waals surface area contributed by atoms with E-state index in [9.17, 15) is 27.6 Å². The number of anilines is 2. The van der Waals surface area contributed by atoms with Crippen LogP contribution in [0.4, 0.5) is 11.9 Å². The molecule has 3 fully saturated rings. The maximum atomic E-state index is 13.0. The third kappa shape index (κ3) is 11.9. The van der Waals surface area contributed by atoms with Crippen molar-refractivity contribution in [1.82, 2.24) is 43.6 Å². The topological polar surface area (TPSA) is 237 Å². The number of sulfone groups is 1. The average Bonchev–Trinajstić information content (AvgIpc) is 3.96. The number of hydrogen-bond donors (Lipinski definition) is 2. The molecule has 2 saturated carbocycles. The molecule has 1 saturated heterocycles. The Morgan fingerprint density at radius 1 is 0.525 bits per heavy atom. The summed E-state index contributed by atoms with van der Waals surface area (Å²) in [7, 11) is 1.40.